The van der Waals surface area contributed by atoms with E-state index in [0.717, 1.165) is 96.0 Å². The first-order valence-electron chi connectivity index (χ1n) is 18.5. The average molecular weight is 877 g/mol. The second-order valence-electron chi connectivity index (χ2n) is 13.2. The molecule has 0 amide bonds. The molecule has 0 unspecified atom stereocenters. The molecule has 0 saturated heterocycles. The summed E-state index contributed by atoms with van der Waals surface area (Å²) >= 11 is 6.41. The van der Waals surface area contributed by atoms with E-state index in [1.54, 1.807) is 47.0 Å². The van der Waals surface area contributed by atoms with E-state index >= 15 is 0 Å². The molecule has 322 valence electrons. The summed E-state index contributed by atoms with van der Waals surface area (Å²) in [5.74, 6) is 3.22. The first-order valence-corrected chi connectivity index (χ1v) is 22.4. The smallest absolute Gasteiger partial charge is 0.209 e. The highest BCUT2D eigenvalue weighted by Crippen LogP contribution is 2.16. The Labute approximate surface area is 352 Å². The van der Waals surface area contributed by atoms with Gasteiger partial charge >= 0.3 is 0 Å². The van der Waals surface area contributed by atoms with Crippen LogP contribution in [0, 0.1) is 0 Å². The van der Waals surface area contributed by atoms with Crippen molar-refractivity contribution in [3.05, 3.63) is 0 Å². The average Bonchev–Trinajstić information content (AvgIpc) is 4.01. The van der Waals surface area contributed by atoms with Crippen molar-refractivity contribution in [2.24, 2.45) is 0 Å². The topological polar surface area (TPSA) is 215 Å². The molecular formula is C30H60N20O3S4. The summed E-state index contributed by atoms with van der Waals surface area (Å²) in [5, 5.41) is 50.6. The van der Waals surface area contributed by atoms with Crippen LogP contribution in [0.2, 0.25) is 0 Å². The van der Waals surface area contributed by atoms with Crippen LogP contribution in [0.5, 0.6) is 0 Å². The second-order valence-corrected chi connectivity index (χ2v) is 17.4. The van der Waals surface area contributed by atoms with Crippen molar-refractivity contribution < 1.29 is 14.2 Å². The van der Waals surface area contributed by atoms with Gasteiger partial charge < -0.3 is 33.8 Å². The fourth-order valence-corrected chi connectivity index (χ4v) is 7.15. The van der Waals surface area contributed by atoms with Crippen LogP contribution in [0.1, 0.15) is 0 Å². The summed E-state index contributed by atoms with van der Waals surface area (Å²) in [4.78, 5) is 8.41. The van der Waals surface area contributed by atoms with Crippen LogP contribution in [0.15, 0.2) is 20.6 Å². The zero-order valence-corrected chi connectivity index (χ0v) is 37.8. The zero-order chi connectivity index (χ0) is 41.1. The van der Waals surface area contributed by atoms with E-state index in [0.29, 0.717) is 39.6 Å². The predicted molar refractivity (Wildman–Crippen MR) is 221 cm³/mol. The van der Waals surface area contributed by atoms with Crippen molar-refractivity contribution in [3.63, 3.8) is 0 Å². The molecular weight excluding hydrogens is 817 g/mol. The lowest BCUT2D eigenvalue weighted by molar-refractivity contribution is 0.0604. The van der Waals surface area contributed by atoms with Crippen LogP contribution >= 0.6 is 47.0 Å². The normalized spacial score (nSPS) is 11.8. The van der Waals surface area contributed by atoms with Crippen LogP contribution in [0.3, 0.4) is 0 Å². The van der Waals surface area contributed by atoms with E-state index in [4.69, 9.17) is 14.2 Å². The van der Waals surface area contributed by atoms with Crippen molar-refractivity contribution in [2.45, 2.75) is 46.8 Å². The van der Waals surface area contributed by atoms with Gasteiger partial charge in [0.15, 0.2) is 0 Å². The third kappa shape index (κ3) is 21.8. The van der Waals surface area contributed by atoms with Gasteiger partial charge in [-0.3, -0.25) is 0 Å². The van der Waals surface area contributed by atoms with Gasteiger partial charge in [-0.15, -0.1) is 20.4 Å². The monoisotopic (exact) mass is 876 g/mol. The molecule has 23 nitrogen and oxygen atoms in total. The molecule has 4 aromatic rings. The summed E-state index contributed by atoms with van der Waals surface area (Å²) in [7, 11) is 16.2. The SMILES string of the molecule is CN(C)CCn1nnnc1SCCOCCOCCSc1nnnn1CCN(C)C.CN(C)CCn1nnnc1SCCOCCSc1nnnn1CCN(C)C. The molecule has 0 atom stereocenters. The van der Waals surface area contributed by atoms with Gasteiger partial charge in [0.25, 0.3) is 0 Å². The largest absolute Gasteiger partial charge is 0.380 e. The highest BCUT2D eigenvalue weighted by atomic mass is 32.2. The number of rotatable bonds is 31. The van der Waals surface area contributed by atoms with Crippen LogP contribution in [0.25, 0.3) is 0 Å². The Hall–Kier alpha value is -2.60. The minimum atomic E-state index is 0.567. The molecule has 0 aromatic carbocycles. The molecule has 57 heavy (non-hydrogen) atoms. The molecule has 4 rings (SSSR count). The lowest BCUT2D eigenvalue weighted by atomic mass is 10.6. The number of ether oxygens (including phenoxy) is 3. The Bertz CT molecular complexity index is 1460. The number of hydrogen-bond donors (Lipinski definition) is 0. The van der Waals surface area contributed by atoms with Gasteiger partial charge in [-0.05, 0) is 98.1 Å². The van der Waals surface area contributed by atoms with Gasteiger partial charge in [0, 0.05) is 49.2 Å². The van der Waals surface area contributed by atoms with Crippen molar-refractivity contribution in [3.8, 4) is 0 Å². The fourth-order valence-electron chi connectivity index (χ4n) is 4.13. The first-order chi connectivity index (χ1) is 27.6. The predicted octanol–water partition coefficient (Wildman–Crippen LogP) is -0.616. The Kier molecular flexibility index (Phi) is 25.3. The number of thioether (sulfide) groups is 4. The molecule has 0 fully saturated rings. The highest BCUT2D eigenvalue weighted by molar-refractivity contribution is 7.99. The minimum absolute atomic E-state index is 0.567. The van der Waals surface area contributed by atoms with E-state index < -0.39 is 0 Å². The summed E-state index contributed by atoms with van der Waals surface area (Å²) < 4.78 is 24.2. The second kappa shape index (κ2) is 29.6. The molecule has 0 bridgehead atoms. The highest BCUT2D eigenvalue weighted by Gasteiger charge is 2.10. The first kappa shape index (κ1) is 48.8. The van der Waals surface area contributed by atoms with Gasteiger partial charge in [0.1, 0.15) is 0 Å². The van der Waals surface area contributed by atoms with E-state index in [9.17, 15) is 0 Å². The van der Waals surface area contributed by atoms with E-state index in [1.807, 2.05) is 75.1 Å². The molecule has 0 radical (unpaired) electrons. The van der Waals surface area contributed by atoms with Crippen molar-refractivity contribution in [1.29, 1.82) is 0 Å². The summed E-state index contributed by atoms with van der Waals surface area (Å²) in [6, 6.07) is 0. The molecule has 0 aliphatic heterocycles. The van der Waals surface area contributed by atoms with Gasteiger partial charge in [-0.1, -0.05) is 47.0 Å². The summed E-state index contributed by atoms with van der Waals surface area (Å²) in [6.07, 6.45) is 0. The van der Waals surface area contributed by atoms with Crippen LogP contribution in [-0.2, 0) is 40.4 Å². The Balaban J connectivity index is 0.000000307. The molecule has 0 aliphatic carbocycles. The van der Waals surface area contributed by atoms with Crippen molar-refractivity contribution in [2.75, 3.05) is 145 Å². The quantitative estimate of drug-likeness (QED) is 0.0455. The molecule has 4 aromatic heterocycles. The lowest BCUT2D eigenvalue weighted by Crippen LogP contribution is -2.19. The number of aromatic nitrogens is 16. The third-order valence-electron chi connectivity index (χ3n) is 7.24. The molecule has 0 N–H and O–H groups in total. The maximum atomic E-state index is 5.69. The number of nitrogens with zero attached hydrogens (tertiary/aromatic N) is 20. The van der Waals surface area contributed by atoms with Gasteiger partial charge in [0.2, 0.25) is 20.6 Å². The third-order valence-corrected chi connectivity index (χ3v) is 10.9. The standard InChI is InChI=1S/C16H32N10O2S2.C14H28N10OS2/c1-23(2)5-7-25-15(17-19-21-25)29-13-11-27-9-10-28-12-14-30-16-18-20-22-26(16)8-6-24(3)4;1-21(2)5-7-23-13(15-17-19-23)26-11-9-25-10-12-27-14-16-18-20-24(14)8-6-22(3)4/h5-14H2,1-4H3;5-12H2,1-4H3. The fraction of sp³-hybridized carbons (Fsp3) is 0.867. The van der Waals surface area contributed by atoms with Crippen LogP contribution < -0.4 is 0 Å². The molecule has 27 heteroatoms. The van der Waals surface area contributed by atoms with E-state index in [1.165, 1.54) is 0 Å². The minimum Gasteiger partial charge on any atom is -0.380 e. The summed E-state index contributed by atoms with van der Waals surface area (Å²) in [5.41, 5.74) is 0. The number of tetrazole rings is 4. The van der Waals surface area contributed by atoms with Gasteiger partial charge in [-0.25, -0.2) is 18.7 Å². The maximum Gasteiger partial charge on any atom is 0.209 e. The number of hydrogen-bond acceptors (Lipinski definition) is 23. The number of likely N-dealkylation sites (N-methyl/N-ethyl adjacent to an activating group) is 4. The van der Waals surface area contributed by atoms with Crippen LogP contribution in [-0.4, -0.2) is 246 Å². The molecule has 4 heterocycles. The van der Waals surface area contributed by atoms with Gasteiger partial charge in [0.05, 0.1) is 65.8 Å². The molecule has 0 saturated carbocycles. The van der Waals surface area contributed by atoms with E-state index in [-0.39, 0.29) is 0 Å². The zero-order valence-electron chi connectivity index (χ0n) is 34.5. The Morgan fingerprint density at radius 3 is 0.825 bits per heavy atom. The van der Waals surface area contributed by atoms with E-state index in [2.05, 4.69) is 81.7 Å². The lowest BCUT2D eigenvalue weighted by Gasteiger charge is -2.10. The molecule has 0 aliphatic rings. The maximum absolute atomic E-state index is 5.69. The molecule has 0 spiro atoms. The van der Waals surface area contributed by atoms with Crippen molar-refractivity contribution >= 4 is 47.0 Å². The van der Waals surface area contributed by atoms with Crippen LogP contribution in [0.4, 0.5) is 0 Å². The summed E-state index contributed by atoms with van der Waals surface area (Å²) in [6.45, 7) is 10.4. The Morgan fingerprint density at radius 2 is 0.596 bits per heavy atom. The van der Waals surface area contributed by atoms with Gasteiger partial charge in [-0.2, -0.15) is 0 Å². The Morgan fingerprint density at radius 1 is 0.368 bits per heavy atom. The van der Waals surface area contributed by atoms with Crippen molar-refractivity contribution in [1.82, 2.24) is 100 Å².